The minimum Gasteiger partial charge on any atom is -0.373 e. The van der Waals surface area contributed by atoms with Gasteiger partial charge in [0.1, 0.15) is 0 Å². The minimum atomic E-state index is 0. The van der Waals surface area contributed by atoms with Crippen molar-refractivity contribution in [3.05, 3.63) is 71.0 Å². The van der Waals surface area contributed by atoms with Crippen LogP contribution in [-0.2, 0) is 0 Å². The maximum atomic E-state index is 2.42. The van der Waals surface area contributed by atoms with Gasteiger partial charge in [0.25, 0.3) is 0 Å². The van der Waals surface area contributed by atoms with E-state index in [4.69, 9.17) is 0 Å². The van der Waals surface area contributed by atoms with E-state index in [0.29, 0.717) is 17.9 Å². The number of benzene rings is 1. The third-order valence-electron chi connectivity index (χ3n) is 4.89. The van der Waals surface area contributed by atoms with E-state index in [1.807, 2.05) is 0 Å². The van der Waals surface area contributed by atoms with Gasteiger partial charge in [0, 0.05) is 19.2 Å². The fraction of sp³-hybridized carbons (Fsp3) is 0.333. The van der Waals surface area contributed by atoms with Crippen molar-refractivity contribution < 1.29 is 0 Å². The summed E-state index contributed by atoms with van der Waals surface area (Å²) in [6.07, 6.45) is 10.4. The number of rotatable bonds is 0. The van der Waals surface area contributed by atoms with E-state index in [9.17, 15) is 0 Å². The van der Waals surface area contributed by atoms with Crippen LogP contribution in [0.5, 0.6) is 0 Å². The third kappa shape index (κ3) is 1.69. The lowest BCUT2D eigenvalue weighted by Crippen LogP contribution is -2.21. The number of hydrogen-bond donors (Lipinski definition) is 0. The Bertz CT molecular complexity index is 626. The Hall–Kier alpha value is -1.47. The van der Waals surface area contributed by atoms with Crippen LogP contribution in [0.25, 0.3) is 0 Å². The monoisotopic (exact) mass is 285 g/mol. The summed E-state index contributed by atoms with van der Waals surface area (Å²) in [6.45, 7) is 2.40. The molecular formula is C18H20ClN. The van der Waals surface area contributed by atoms with Crippen LogP contribution in [0.1, 0.15) is 36.4 Å². The molecule has 2 heteroatoms. The van der Waals surface area contributed by atoms with Gasteiger partial charge in [0.05, 0.1) is 6.04 Å². The topological polar surface area (TPSA) is 3.24 Å². The molecule has 1 nitrogen and oxygen atoms in total. The van der Waals surface area contributed by atoms with E-state index >= 15 is 0 Å². The molecule has 2 aliphatic carbocycles. The van der Waals surface area contributed by atoms with E-state index < -0.39 is 0 Å². The lowest BCUT2D eigenvalue weighted by Gasteiger charge is -2.27. The van der Waals surface area contributed by atoms with Gasteiger partial charge in [0.15, 0.2) is 0 Å². The molecule has 1 aliphatic heterocycles. The third-order valence-corrected chi connectivity index (χ3v) is 4.89. The Morgan fingerprint density at radius 3 is 2.70 bits per heavy atom. The zero-order valence-electron chi connectivity index (χ0n) is 11.9. The first-order valence-electron chi connectivity index (χ1n) is 7.17. The Kier molecular flexibility index (Phi) is 3.25. The van der Waals surface area contributed by atoms with Crippen LogP contribution >= 0.6 is 12.4 Å². The molecule has 0 aromatic heterocycles. The fourth-order valence-electron chi connectivity index (χ4n) is 4.18. The van der Waals surface area contributed by atoms with Gasteiger partial charge in [-0.15, -0.1) is 12.4 Å². The summed E-state index contributed by atoms with van der Waals surface area (Å²) in [5, 5.41) is 0. The smallest absolute Gasteiger partial charge is 0.0571 e. The van der Waals surface area contributed by atoms with Crippen molar-refractivity contribution in [2.24, 2.45) is 5.92 Å². The molecule has 104 valence electrons. The number of halogens is 1. The second-order valence-corrected chi connectivity index (χ2v) is 5.96. The van der Waals surface area contributed by atoms with Crippen LogP contribution in [0.15, 0.2) is 59.8 Å². The molecule has 1 aromatic rings. The van der Waals surface area contributed by atoms with E-state index in [1.165, 1.54) is 16.7 Å². The number of hydrogen-bond acceptors (Lipinski definition) is 1. The highest BCUT2D eigenvalue weighted by molar-refractivity contribution is 5.85. The lowest BCUT2D eigenvalue weighted by molar-refractivity contribution is 0.264. The molecule has 4 rings (SSSR count). The maximum absolute atomic E-state index is 2.42. The van der Waals surface area contributed by atoms with Crippen LogP contribution in [0.3, 0.4) is 0 Å². The molecule has 3 unspecified atom stereocenters. The predicted molar refractivity (Wildman–Crippen MR) is 86.0 cm³/mol. The van der Waals surface area contributed by atoms with Crippen molar-refractivity contribution in [2.45, 2.75) is 25.3 Å². The first-order valence-corrected chi connectivity index (χ1v) is 7.17. The minimum absolute atomic E-state index is 0. The van der Waals surface area contributed by atoms with Gasteiger partial charge in [-0.1, -0.05) is 49.4 Å². The maximum Gasteiger partial charge on any atom is 0.0571 e. The molecule has 20 heavy (non-hydrogen) atoms. The molecule has 3 aliphatic rings. The average Bonchev–Trinajstić information content (AvgIpc) is 2.64. The SMILES string of the molecule is CC1C2C3=CCC=CC3=CN(C)C1c1ccccc12.Cl. The van der Waals surface area contributed by atoms with E-state index in [-0.39, 0.29) is 12.4 Å². The van der Waals surface area contributed by atoms with Gasteiger partial charge in [-0.2, -0.15) is 0 Å². The summed E-state index contributed by atoms with van der Waals surface area (Å²) in [6, 6.07) is 9.52. The highest BCUT2D eigenvalue weighted by Crippen LogP contribution is 2.54. The summed E-state index contributed by atoms with van der Waals surface area (Å²) in [4.78, 5) is 2.41. The van der Waals surface area contributed by atoms with Crippen LogP contribution < -0.4 is 0 Å². The van der Waals surface area contributed by atoms with Gasteiger partial charge >= 0.3 is 0 Å². The van der Waals surface area contributed by atoms with Gasteiger partial charge in [-0.3, -0.25) is 0 Å². The van der Waals surface area contributed by atoms with Gasteiger partial charge in [0.2, 0.25) is 0 Å². The van der Waals surface area contributed by atoms with Crippen LogP contribution in [0, 0.1) is 5.92 Å². The van der Waals surface area contributed by atoms with Crippen LogP contribution in [-0.4, -0.2) is 11.9 Å². The van der Waals surface area contributed by atoms with Crippen molar-refractivity contribution in [1.29, 1.82) is 0 Å². The number of fused-ring (bicyclic) bond motifs is 7. The predicted octanol–water partition coefficient (Wildman–Crippen LogP) is 4.60. The molecule has 0 saturated heterocycles. The summed E-state index contributed by atoms with van der Waals surface area (Å²) in [7, 11) is 2.22. The van der Waals surface area contributed by atoms with Gasteiger partial charge in [-0.05, 0) is 34.6 Å². The molecule has 2 bridgehead atoms. The molecule has 0 N–H and O–H groups in total. The summed E-state index contributed by atoms with van der Waals surface area (Å²) in [5.74, 6) is 1.22. The fourth-order valence-corrected chi connectivity index (χ4v) is 4.18. The molecule has 3 atom stereocenters. The largest absolute Gasteiger partial charge is 0.373 e. The second kappa shape index (κ2) is 4.82. The highest BCUT2D eigenvalue weighted by Gasteiger charge is 2.43. The first kappa shape index (κ1) is 13.5. The Balaban J connectivity index is 0.00000121. The zero-order chi connectivity index (χ0) is 13.0. The number of nitrogens with zero attached hydrogens (tertiary/aromatic N) is 1. The standard InChI is InChI=1S/C18H19N.ClH/c1-12-17-14-8-4-3-7-13(14)11-19(2)18(12)16-10-6-5-9-15(16)17;/h3,5-12,17-18H,4H2,1-2H3;1H. The average molecular weight is 286 g/mol. The molecule has 1 aromatic carbocycles. The van der Waals surface area contributed by atoms with Crippen LogP contribution in [0.2, 0.25) is 0 Å². The van der Waals surface area contributed by atoms with E-state index in [1.54, 1.807) is 5.56 Å². The van der Waals surface area contributed by atoms with Crippen LogP contribution in [0.4, 0.5) is 0 Å². The summed E-state index contributed by atoms with van der Waals surface area (Å²) < 4.78 is 0. The van der Waals surface area contributed by atoms with Gasteiger partial charge < -0.3 is 4.90 Å². The quantitative estimate of drug-likeness (QED) is 0.673. The number of allylic oxidation sites excluding steroid dienone is 5. The molecule has 0 spiro atoms. The molecule has 1 heterocycles. The van der Waals surface area contributed by atoms with E-state index in [0.717, 1.165) is 6.42 Å². The zero-order valence-corrected chi connectivity index (χ0v) is 12.7. The van der Waals surface area contributed by atoms with Crippen molar-refractivity contribution in [1.82, 2.24) is 4.90 Å². The van der Waals surface area contributed by atoms with Gasteiger partial charge in [-0.25, -0.2) is 0 Å². The Morgan fingerprint density at radius 1 is 1.15 bits per heavy atom. The van der Waals surface area contributed by atoms with Crippen molar-refractivity contribution in [3.63, 3.8) is 0 Å². The van der Waals surface area contributed by atoms with Crippen molar-refractivity contribution in [2.75, 3.05) is 7.05 Å². The molecule has 0 radical (unpaired) electrons. The highest BCUT2D eigenvalue weighted by atomic mass is 35.5. The molecule has 0 amide bonds. The Labute approximate surface area is 127 Å². The summed E-state index contributed by atoms with van der Waals surface area (Å²) in [5.41, 5.74) is 6.00. The molecular weight excluding hydrogens is 266 g/mol. The van der Waals surface area contributed by atoms with Crippen molar-refractivity contribution in [3.8, 4) is 0 Å². The molecule has 0 saturated carbocycles. The van der Waals surface area contributed by atoms with Crippen molar-refractivity contribution >= 4 is 12.4 Å². The van der Waals surface area contributed by atoms with E-state index in [2.05, 4.69) is 67.6 Å². The summed E-state index contributed by atoms with van der Waals surface area (Å²) >= 11 is 0. The molecule has 0 fully saturated rings. The lowest BCUT2D eigenvalue weighted by atomic mass is 9.81. The first-order chi connectivity index (χ1) is 9.27. The normalized spacial score (nSPS) is 29.7. The Morgan fingerprint density at radius 2 is 1.90 bits per heavy atom. The second-order valence-electron chi connectivity index (χ2n) is 5.96.